The molecule has 6 nitrogen and oxygen atoms in total. The number of methoxy groups -OCH3 is 1. The number of aliphatic hydroxyl groups is 1. The van der Waals surface area contributed by atoms with Crippen LogP contribution in [-0.2, 0) is 16.0 Å². The highest BCUT2D eigenvalue weighted by Gasteiger charge is 2.27. The largest absolute Gasteiger partial charge is 0.467 e. The number of nitrogens with one attached hydrogen (secondary N) is 2. The van der Waals surface area contributed by atoms with E-state index in [-0.39, 0.29) is 6.61 Å². The number of urea groups is 1. The number of hydrogen-bond acceptors (Lipinski definition) is 4. The van der Waals surface area contributed by atoms with Crippen molar-refractivity contribution in [2.75, 3.05) is 13.7 Å². The summed E-state index contributed by atoms with van der Waals surface area (Å²) < 4.78 is 4.85. The number of rotatable bonds is 8. The summed E-state index contributed by atoms with van der Waals surface area (Å²) in [4.78, 5) is 24.4. The average molecular weight is 362 g/mol. The van der Waals surface area contributed by atoms with Crippen LogP contribution in [0.5, 0.6) is 0 Å². The molecule has 2 atom stereocenters. The van der Waals surface area contributed by atoms with Gasteiger partial charge in [-0.15, -0.1) is 0 Å². The summed E-state index contributed by atoms with van der Waals surface area (Å²) >= 11 is 0. The molecule has 0 spiro atoms. The van der Waals surface area contributed by atoms with Gasteiger partial charge in [0.05, 0.1) is 19.8 Å². The first-order valence-corrected chi connectivity index (χ1v) is 9.42. The molecule has 1 fully saturated rings. The van der Waals surface area contributed by atoms with Gasteiger partial charge < -0.3 is 20.5 Å². The zero-order chi connectivity index (χ0) is 18.8. The van der Waals surface area contributed by atoms with Gasteiger partial charge in [0, 0.05) is 0 Å². The van der Waals surface area contributed by atoms with E-state index in [1.807, 2.05) is 30.3 Å². The Labute approximate surface area is 155 Å². The second-order valence-corrected chi connectivity index (χ2v) is 7.00. The predicted octanol–water partition coefficient (Wildman–Crippen LogP) is 2.40. The number of aliphatic hydroxyl groups excluding tert-OH is 1. The molecule has 1 saturated carbocycles. The van der Waals surface area contributed by atoms with E-state index < -0.39 is 24.1 Å². The lowest BCUT2D eigenvalue weighted by Crippen LogP contribution is -2.51. The van der Waals surface area contributed by atoms with Crippen molar-refractivity contribution in [1.29, 1.82) is 0 Å². The predicted molar refractivity (Wildman–Crippen MR) is 99.7 cm³/mol. The fourth-order valence-corrected chi connectivity index (χ4v) is 3.56. The second-order valence-electron chi connectivity index (χ2n) is 7.00. The third kappa shape index (κ3) is 6.67. The van der Waals surface area contributed by atoms with Gasteiger partial charge in [-0.2, -0.15) is 0 Å². The third-order valence-corrected chi connectivity index (χ3v) is 4.97. The number of hydrogen-bond donors (Lipinski definition) is 3. The van der Waals surface area contributed by atoms with E-state index in [1.54, 1.807) is 0 Å². The molecule has 0 aromatic heterocycles. The summed E-state index contributed by atoms with van der Waals surface area (Å²) in [7, 11) is 1.34. The minimum absolute atomic E-state index is 0.173. The maximum absolute atomic E-state index is 12.3. The topological polar surface area (TPSA) is 87.7 Å². The van der Waals surface area contributed by atoms with Crippen LogP contribution >= 0.6 is 0 Å². The van der Waals surface area contributed by atoms with E-state index >= 15 is 0 Å². The van der Waals surface area contributed by atoms with Crippen LogP contribution in [0.3, 0.4) is 0 Å². The molecule has 0 bridgehead atoms. The molecule has 1 aliphatic rings. The molecule has 26 heavy (non-hydrogen) atoms. The van der Waals surface area contributed by atoms with Gasteiger partial charge in [-0.05, 0) is 24.3 Å². The van der Waals surface area contributed by atoms with Gasteiger partial charge >= 0.3 is 12.0 Å². The minimum Gasteiger partial charge on any atom is -0.467 e. The van der Waals surface area contributed by atoms with Crippen molar-refractivity contribution < 1.29 is 19.4 Å². The Morgan fingerprint density at radius 1 is 1.15 bits per heavy atom. The molecule has 1 aromatic carbocycles. The summed E-state index contributed by atoms with van der Waals surface area (Å²) in [6.07, 6.45) is 6.89. The van der Waals surface area contributed by atoms with E-state index in [1.165, 1.54) is 26.4 Å². The molecule has 3 N–H and O–H groups in total. The molecular formula is C20H30N2O4. The fraction of sp³-hybridized carbons (Fsp3) is 0.600. The number of carbonyl (C=O) groups excluding carboxylic acids is 2. The normalized spacial score (nSPS) is 17.2. The Bertz CT molecular complexity index is 558. The molecular weight excluding hydrogens is 332 g/mol. The van der Waals surface area contributed by atoms with Gasteiger partial charge in [0.1, 0.15) is 6.04 Å². The maximum atomic E-state index is 12.3. The van der Waals surface area contributed by atoms with Crippen molar-refractivity contribution in [2.24, 2.45) is 5.92 Å². The first-order valence-electron chi connectivity index (χ1n) is 9.42. The minimum atomic E-state index is -0.654. The molecule has 0 radical (unpaired) electrons. The Hall–Kier alpha value is -2.08. The van der Waals surface area contributed by atoms with E-state index in [4.69, 9.17) is 4.74 Å². The molecule has 0 aliphatic heterocycles. The van der Waals surface area contributed by atoms with E-state index in [9.17, 15) is 14.7 Å². The van der Waals surface area contributed by atoms with Crippen molar-refractivity contribution in [3.05, 3.63) is 35.9 Å². The lowest BCUT2D eigenvalue weighted by Gasteiger charge is -2.26. The van der Waals surface area contributed by atoms with Crippen LogP contribution < -0.4 is 10.6 Å². The SMILES string of the molecule is COC(=O)[C@H](CC1CCCCC1)NC(=O)N[C@H](CO)Cc1ccccc1. The lowest BCUT2D eigenvalue weighted by molar-refractivity contribution is -0.143. The second kappa shape index (κ2) is 10.8. The standard InChI is InChI=1S/C20H30N2O4/c1-26-19(24)18(13-16-10-6-3-7-11-16)22-20(25)21-17(14-23)12-15-8-4-2-5-9-15/h2,4-5,8-9,16-18,23H,3,6-7,10-14H2,1H3,(H2,21,22,25)/t17-,18-/m0/s1. The summed E-state index contributed by atoms with van der Waals surface area (Å²) in [6, 6.07) is 8.13. The number of benzene rings is 1. The Balaban J connectivity index is 1.88. The average Bonchev–Trinajstić information content (AvgIpc) is 2.68. The molecule has 2 amide bonds. The molecule has 1 aromatic rings. The fourth-order valence-electron chi connectivity index (χ4n) is 3.56. The Morgan fingerprint density at radius 3 is 2.46 bits per heavy atom. The van der Waals surface area contributed by atoms with Crippen LogP contribution in [0.15, 0.2) is 30.3 Å². The van der Waals surface area contributed by atoms with Gasteiger partial charge in [0.2, 0.25) is 0 Å². The molecule has 2 rings (SSSR count). The van der Waals surface area contributed by atoms with Crippen LogP contribution in [-0.4, -0.2) is 42.9 Å². The number of esters is 1. The third-order valence-electron chi connectivity index (χ3n) is 4.97. The molecule has 6 heteroatoms. The van der Waals surface area contributed by atoms with Crippen molar-refractivity contribution in [3.8, 4) is 0 Å². The lowest BCUT2D eigenvalue weighted by atomic mass is 9.85. The van der Waals surface area contributed by atoms with E-state index in [0.29, 0.717) is 18.8 Å². The van der Waals surface area contributed by atoms with Gasteiger partial charge in [-0.1, -0.05) is 62.4 Å². The first-order chi connectivity index (χ1) is 12.6. The van der Waals surface area contributed by atoms with Crippen LogP contribution in [0, 0.1) is 5.92 Å². The van der Waals surface area contributed by atoms with Crippen molar-refractivity contribution in [2.45, 2.75) is 57.0 Å². The molecule has 0 unspecified atom stereocenters. The molecule has 0 heterocycles. The number of ether oxygens (including phenoxy) is 1. The molecule has 144 valence electrons. The zero-order valence-corrected chi connectivity index (χ0v) is 15.4. The van der Waals surface area contributed by atoms with Crippen LogP contribution in [0.1, 0.15) is 44.1 Å². The van der Waals surface area contributed by atoms with Gasteiger partial charge in [0.25, 0.3) is 0 Å². The zero-order valence-electron chi connectivity index (χ0n) is 15.4. The monoisotopic (exact) mass is 362 g/mol. The smallest absolute Gasteiger partial charge is 0.328 e. The molecule has 1 aliphatic carbocycles. The van der Waals surface area contributed by atoms with Gasteiger partial charge in [-0.3, -0.25) is 0 Å². The summed E-state index contributed by atoms with van der Waals surface area (Å²) in [5.41, 5.74) is 1.03. The number of amides is 2. The van der Waals surface area contributed by atoms with Crippen LogP contribution in [0.4, 0.5) is 4.79 Å². The van der Waals surface area contributed by atoms with Crippen LogP contribution in [0.2, 0.25) is 0 Å². The summed E-state index contributed by atoms with van der Waals surface area (Å²) in [6.45, 7) is -0.173. The quantitative estimate of drug-likeness (QED) is 0.620. The van der Waals surface area contributed by atoms with E-state index in [2.05, 4.69) is 10.6 Å². The Morgan fingerprint density at radius 2 is 1.85 bits per heavy atom. The summed E-state index contributed by atoms with van der Waals surface area (Å²) in [5, 5.41) is 15.0. The number of carbonyl (C=O) groups is 2. The highest BCUT2D eigenvalue weighted by Crippen LogP contribution is 2.27. The first kappa shape index (κ1) is 20.2. The van der Waals surface area contributed by atoms with E-state index in [0.717, 1.165) is 18.4 Å². The van der Waals surface area contributed by atoms with Gasteiger partial charge in [-0.25, -0.2) is 9.59 Å². The maximum Gasteiger partial charge on any atom is 0.328 e. The highest BCUT2D eigenvalue weighted by atomic mass is 16.5. The highest BCUT2D eigenvalue weighted by molar-refractivity contribution is 5.83. The van der Waals surface area contributed by atoms with Crippen molar-refractivity contribution in [3.63, 3.8) is 0 Å². The molecule has 0 saturated heterocycles. The summed E-state index contributed by atoms with van der Waals surface area (Å²) in [5.74, 6) is 0.0143. The van der Waals surface area contributed by atoms with Crippen molar-refractivity contribution in [1.82, 2.24) is 10.6 Å². The van der Waals surface area contributed by atoms with Gasteiger partial charge in [0.15, 0.2) is 0 Å². The Kier molecular flexibility index (Phi) is 8.41. The van der Waals surface area contributed by atoms with Crippen LogP contribution in [0.25, 0.3) is 0 Å². The van der Waals surface area contributed by atoms with Crippen molar-refractivity contribution >= 4 is 12.0 Å².